The third kappa shape index (κ3) is 3.54. The molecular formula is C22H27N3O3S. The quantitative estimate of drug-likeness (QED) is 0.694. The zero-order valence-electron chi connectivity index (χ0n) is 16.9. The minimum Gasteiger partial charge on any atom is -0.495 e. The number of para-hydroxylation sites is 2. The van der Waals surface area contributed by atoms with Crippen LogP contribution in [0.5, 0.6) is 5.75 Å². The van der Waals surface area contributed by atoms with Gasteiger partial charge in [0.15, 0.2) is 0 Å². The van der Waals surface area contributed by atoms with Crippen molar-refractivity contribution in [2.24, 2.45) is 17.8 Å². The van der Waals surface area contributed by atoms with Crippen LogP contribution < -0.4 is 10.1 Å². The van der Waals surface area contributed by atoms with Gasteiger partial charge in [0.25, 0.3) is 5.22 Å². The fourth-order valence-electron chi connectivity index (χ4n) is 6.03. The first-order chi connectivity index (χ1) is 14.0. The molecule has 1 heterocycles. The SMILES string of the molecule is COc1ccccc1NC(=O)[C@@H](C)Sc1nnc(C23CC4CC(CC(C4)C2)C3)o1. The van der Waals surface area contributed by atoms with Crippen molar-refractivity contribution in [2.45, 2.75) is 61.3 Å². The van der Waals surface area contributed by atoms with Gasteiger partial charge >= 0.3 is 0 Å². The summed E-state index contributed by atoms with van der Waals surface area (Å²) in [7, 11) is 1.59. The highest BCUT2D eigenvalue weighted by atomic mass is 32.2. The number of methoxy groups -OCH3 is 1. The molecule has 29 heavy (non-hydrogen) atoms. The number of nitrogens with one attached hydrogen (secondary N) is 1. The Morgan fingerprint density at radius 1 is 1.17 bits per heavy atom. The van der Waals surface area contributed by atoms with E-state index in [9.17, 15) is 4.79 Å². The van der Waals surface area contributed by atoms with Crippen LogP contribution in [0.1, 0.15) is 51.3 Å². The Hall–Kier alpha value is -2.02. The predicted molar refractivity (Wildman–Crippen MR) is 111 cm³/mol. The summed E-state index contributed by atoms with van der Waals surface area (Å²) >= 11 is 1.32. The summed E-state index contributed by atoms with van der Waals surface area (Å²) in [6.07, 6.45) is 7.72. The normalized spacial score (nSPS) is 30.9. The molecule has 4 saturated carbocycles. The number of benzene rings is 1. The first-order valence-corrected chi connectivity index (χ1v) is 11.4. The van der Waals surface area contributed by atoms with Crippen molar-refractivity contribution >= 4 is 23.4 Å². The standard InChI is InChI=1S/C22H27N3O3S/c1-13(19(26)23-17-5-3-4-6-18(17)27-2)29-21-25-24-20(28-21)22-10-14-7-15(11-22)9-16(8-14)12-22/h3-6,13-16H,7-12H2,1-2H3,(H,23,26)/t13-,14?,15?,16?,22?/m1/s1. The van der Waals surface area contributed by atoms with E-state index >= 15 is 0 Å². The summed E-state index contributed by atoms with van der Waals surface area (Å²) in [5, 5.41) is 11.8. The summed E-state index contributed by atoms with van der Waals surface area (Å²) in [6.45, 7) is 1.85. The molecule has 4 fully saturated rings. The van der Waals surface area contributed by atoms with Crippen LogP contribution in [-0.4, -0.2) is 28.5 Å². The Bertz CT molecular complexity index is 877. The van der Waals surface area contributed by atoms with Gasteiger partial charge in [-0.2, -0.15) is 0 Å². The number of carbonyl (C=O) groups excluding carboxylic acids is 1. The first-order valence-electron chi connectivity index (χ1n) is 10.5. The average molecular weight is 414 g/mol. The molecular weight excluding hydrogens is 386 g/mol. The molecule has 4 aliphatic rings. The van der Waals surface area contributed by atoms with Crippen LogP contribution in [0.3, 0.4) is 0 Å². The van der Waals surface area contributed by atoms with E-state index in [2.05, 4.69) is 15.5 Å². The number of rotatable bonds is 6. The minimum absolute atomic E-state index is 0.0868. The fourth-order valence-corrected chi connectivity index (χ4v) is 6.71. The Labute approximate surface area is 175 Å². The van der Waals surface area contributed by atoms with Gasteiger partial charge in [-0.05, 0) is 75.3 Å². The third-order valence-corrected chi connectivity index (χ3v) is 7.84. The van der Waals surface area contributed by atoms with Gasteiger partial charge in [0.2, 0.25) is 11.8 Å². The van der Waals surface area contributed by atoms with E-state index in [1.54, 1.807) is 7.11 Å². The molecule has 4 bridgehead atoms. The molecule has 4 aliphatic carbocycles. The van der Waals surface area contributed by atoms with Gasteiger partial charge in [0.05, 0.1) is 18.0 Å². The molecule has 0 aliphatic heterocycles. The average Bonchev–Trinajstić information content (AvgIpc) is 3.17. The maximum Gasteiger partial charge on any atom is 0.277 e. The fraction of sp³-hybridized carbons (Fsp3) is 0.591. The number of hydrogen-bond donors (Lipinski definition) is 1. The van der Waals surface area contributed by atoms with Crippen molar-refractivity contribution in [1.29, 1.82) is 0 Å². The second-order valence-electron chi connectivity index (χ2n) is 9.02. The highest BCUT2D eigenvalue weighted by Gasteiger charge is 2.54. The van der Waals surface area contributed by atoms with Crippen molar-refractivity contribution in [1.82, 2.24) is 10.2 Å². The number of hydrogen-bond acceptors (Lipinski definition) is 6. The molecule has 6 rings (SSSR count). The molecule has 0 saturated heterocycles. The van der Waals surface area contributed by atoms with Crippen LogP contribution in [0.2, 0.25) is 0 Å². The van der Waals surface area contributed by atoms with E-state index in [1.165, 1.54) is 50.3 Å². The first kappa shape index (κ1) is 19.0. The molecule has 1 aromatic carbocycles. The van der Waals surface area contributed by atoms with Crippen molar-refractivity contribution in [3.8, 4) is 5.75 Å². The molecule has 7 heteroatoms. The van der Waals surface area contributed by atoms with Crippen molar-refractivity contribution < 1.29 is 13.9 Å². The highest BCUT2D eigenvalue weighted by molar-refractivity contribution is 8.00. The van der Waals surface area contributed by atoms with Gasteiger partial charge in [-0.25, -0.2) is 0 Å². The summed E-state index contributed by atoms with van der Waals surface area (Å²) in [5.41, 5.74) is 0.746. The molecule has 1 aromatic heterocycles. The molecule has 2 aromatic rings. The maximum absolute atomic E-state index is 12.6. The minimum atomic E-state index is -0.357. The number of nitrogens with zero attached hydrogens (tertiary/aromatic N) is 2. The van der Waals surface area contributed by atoms with E-state index in [-0.39, 0.29) is 16.6 Å². The number of ether oxygens (including phenoxy) is 1. The lowest BCUT2D eigenvalue weighted by molar-refractivity contribution is -0.115. The van der Waals surface area contributed by atoms with E-state index in [0.29, 0.717) is 16.7 Å². The van der Waals surface area contributed by atoms with Gasteiger partial charge in [-0.1, -0.05) is 23.9 Å². The Balaban J connectivity index is 1.26. The zero-order chi connectivity index (χ0) is 20.0. The van der Waals surface area contributed by atoms with Crippen LogP contribution in [0, 0.1) is 17.8 Å². The molecule has 1 amide bonds. The van der Waals surface area contributed by atoms with Crippen LogP contribution in [0.15, 0.2) is 33.9 Å². The molecule has 0 spiro atoms. The molecule has 6 nitrogen and oxygen atoms in total. The second-order valence-corrected chi connectivity index (χ2v) is 10.3. The lowest BCUT2D eigenvalue weighted by Gasteiger charge is -2.55. The van der Waals surface area contributed by atoms with Crippen molar-refractivity contribution in [3.05, 3.63) is 30.2 Å². The van der Waals surface area contributed by atoms with E-state index in [0.717, 1.165) is 23.6 Å². The second kappa shape index (κ2) is 7.35. The van der Waals surface area contributed by atoms with Crippen molar-refractivity contribution in [3.63, 3.8) is 0 Å². The topological polar surface area (TPSA) is 77.2 Å². The summed E-state index contributed by atoms with van der Waals surface area (Å²) in [5.74, 6) is 3.81. The third-order valence-electron chi connectivity index (χ3n) is 6.91. The van der Waals surface area contributed by atoms with E-state index < -0.39 is 0 Å². The van der Waals surface area contributed by atoms with Gasteiger partial charge in [-0.3, -0.25) is 4.79 Å². The molecule has 0 radical (unpaired) electrons. The van der Waals surface area contributed by atoms with Gasteiger partial charge in [-0.15, -0.1) is 10.2 Å². The zero-order valence-corrected chi connectivity index (χ0v) is 17.7. The lowest BCUT2D eigenvalue weighted by Crippen LogP contribution is -2.48. The Morgan fingerprint density at radius 3 is 2.48 bits per heavy atom. The number of aromatic nitrogens is 2. The van der Waals surface area contributed by atoms with Gasteiger partial charge in [0.1, 0.15) is 5.75 Å². The lowest BCUT2D eigenvalue weighted by atomic mass is 9.49. The number of carbonyl (C=O) groups is 1. The van der Waals surface area contributed by atoms with Gasteiger partial charge < -0.3 is 14.5 Å². The smallest absolute Gasteiger partial charge is 0.277 e. The highest BCUT2D eigenvalue weighted by Crippen LogP contribution is 2.60. The molecule has 1 N–H and O–H groups in total. The summed E-state index contributed by atoms with van der Waals surface area (Å²) in [6, 6.07) is 7.39. The van der Waals surface area contributed by atoms with E-state index in [4.69, 9.17) is 9.15 Å². The monoisotopic (exact) mass is 413 g/mol. The predicted octanol–water partition coefficient (Wildman–Crippen LogP) is 4.67. The number of thioether (sulfide) groups is 1. The van der Waals surface area contributed by atoms with Crippen LogP contribution in [0.25, 0.3) is 0 Å². The maximum atomic E-state index is 12.6. The van der Waals surface area contributed by atoms with Crippen LogP contribution >= 0.6 is 11.8 Å². The molecule has 0 unspecified atom stereocenters. The molecule has 154 valence electrons. The van der Waals surface area contributed by atoms with Crippen LogP contribution in [0.4, 0.5) is 5.69 Å². The summed E-state index contributed by atoms with van der Waals surface area (Å²) < 4.78 is 11.4. The van der Waals surface area contributed by atoms with Gasteiger partial charge in [0, 0.05) is 5.41 Å². The Kier molecular flexibility index (Phi) is 4.81. The number of amides is 1. The van der Waals surface area contributed by atoms with Crippen molar-refractivity contribution in [2.75, 3.05) is 12.4 Å². The largest absolute Gasteiger partial charge is 0.495 e. The van der Waals surface area contributed by atoms with Crippen LogP contribution in [-0.2, 0) is 10.2 Å². The molecule has 1 atom stereocenters. The van der Waals surface area contributed by atoms with E-state index in [1.807, 2.05) is 31.2 Å². The summed E-state index contributed by atoms with van der Waals surface area (Å²) in [4.78, 5) is 12.6. The number of anilines is 1. The Morgan fingerprint density at radius 2 is 1.83 bits per heavy atom.